The summed E-state index contributed by atoms with van der Waals surface area (Å²) in [6, 6.07) is 6.74. The monoisotopic (exact) mass is 290 g/mol. The molecular weight excluding hydrogens is 278 g/mol. The van der Waals surface area contributed by atoms with E-state index < -0.39 is 11.6 Å². The second-order valence-electron chi connectivity index (χ2n) is 4.21. The Morgan fingerprint density at radius 2 is 1.67 bits per heavy atom. The van der Waals surface area contributed by atoms with Crippen molar-refractivity contribution in [2.45, 2.75) is 6.92 Å². The molecule has 108 valence electrons. The molecule has 0 radical (unpaired) electrons. The smallest absolute Gasteiger partial charge is 0.176 e. The van der Waals surface area contributed by atoms with E-state index in [1.54, 1.807) is 6.92 Å². The van der Waals surface area contributed by atoms with Gasteiger partial charge in [0.25, 0.3) is 0 Å². The van der Waals surface area contributed by atoms with Gasteiger partial charge in [0.05, 0.1) is 17.7 Å². The van der Waals surface area contributed by atoms with Gasteiger partial charge >= 0.3 is 0 Å². The molecule has 2 aromatic rings. The van der Waals surface area contributed by atoms with E-state index in [-0.39, 0.29) is 34.6 Å². The number of ether oxygens (including phenoxy) is 1. The minimum absolute atomic E-state index is 0.0626. The van der Waals surface area contributed by atoms with Crippen molar-refractivity contribution >= 4 is 12.6 Å². The molecule has 0 fully saturated rings. The molecule has 0 heterocycles. The zero-order valence-electron chi connectivity index (χ0n) is 11.2. The van der Waals surface area contributed by atoms with Crippen molar-refractivity contribution in [2.75, 3.05) is 6.61 Å². The van der Waals surface area contributed by atoms with Crippen LogP contribution in [0.2, 0.25) is 0 Å². The standard InChI is InChI=1S/C16H12F2O3/c1-2-21-15-7-6-11(13(9-20)16(15)18)10-4-3-5-14(17)12(10)8-19/h3-9H,2H2,1H3. The van der Waals surface area contributed by atoms with Crippen LogP contribution in [-0.2, 0) is 0 Å². The van der Waals surface area contributed by atoms with Crippen molar-refractivity contribution in [1.82, 2.24) is 0 Å². The fraction of sp³-hybridized carbons (Fsp3) is 0.125. The number of hydrogen-bond donors (Lipinski definition) is 0. The topological polar surface area (TPSA) is 43.4 Å². The average molecular weight is 290 g/mol. The Kier molecular flexibility index (Phi) is 4.42. The van der Waals surface area contributed by atoms with E-state index in [0.717, 1.165) is 6.07 Å². The van der Waals surface area contributed by atoms with Crippen LogP contribution in [0, 0.1) is 11.6 Å². The quantitative estimate of drug-likeness (QED) is 0.789. The summed E-state index contributed by atoms with van der Waals surface area (Å²) in [6.45, 7) is 1.93. The minimum atomic E-state index is -0.828. The Hall–Kier alpha value is -2.56. The molecule has 0 bridgehead atoms. The summed E-state index contributed by atoms with van der Waals surface area (Å²) >= 11 is 0. The summed E-state index contributed by atoms with van der Waals surface area (Å²) in [7, 11) is 0. The minimum Gasteiger partial charge on any atom is -0.491 e. The normalized spacial score (nSPS) is 10.2. The number of carbonyl (C=O) groups is 2. The van der Waals surface area contributed by atoms with Crippen molar-refractivity contribution in [1.29, 1.82) is 0 Å². The first-order valence-corrected chi connectivity index (χ1v) is 6.28. The lowest BCUT2D eigenvalue weighted by Gasteiger charge is -2.12. The van der Waals surface area contributed by atoms with E-state index in [1.807, 2.05) is 0 Å². The van der Waals surface area contributed by atoms with Crippen molar-refractivity contribution in [3.05, 3.63) is 53.1 Å². The molecule has 21 heavy (non-hydrogen) atoms. The van der Waals surface area contributed by atoms with Crippen LogP contribution in [0.25, 0.3) is 11.1 Å². The van der Waals surface area contributed by atoms with Crippen LogP contribution < -0.4 is 4.74 Å². The summed E-state index contributed by atoms with van der Waals surface area (Å²) in [4.78, 5) is 22.2. The lowest BCUT2D eigenvalue weighted by molar-refractivity contribution is 0.111. The van der Waals surface area contributed by atoms with Crippen molar-refractivity contribution < 1.29 is 23.1 Å². The maximum atomic E-state index is 14.2. The second kappa shape index (κ2) is 6.26. The Morgan fingerprint density at radius 3 is 2.29 bits per heavy atom. The number of rotatable bonds is 5. The number of aldehydes is 2. The van der Waals surface area contributed by atoms with Crippen molar-refractivity contribution in [3.8, 4) is 16.9 Å². The highest BCUT2D eigenvalue weighted by atomic mass is 19.1. The van der Waals surface area contributed by atoms with Gasteiger partial charge in [0.2, 0.25) is 0 Å². The molecule has 0 amide bonds. The van der Waals surface area contributed by atoms with E-state index in [2.05, 4.69) is 0 Å². The van der Waals surface area contributed by atoms with E-state index >= 15 is 0 Å². The Morgan fingerprint density at radius 1 is 1.00 bits per heavy atom. The zero-order valence-corrected chi connectivity index (χ0v) is 11.2. The fourth-order valence-electron chi connectivity index (χ4n) is 2.08. The molecule has 0 saturated carbocycles. The molecule has 2 rings (SSSR count). The molecule has 0 aliphatic heterocycles. The van der Waals surface area contributed by atoms with Crippen LogP contribution in [0.1, 0.15) is 27.6 Å². The summed E-state index contributed by atoms with van der Waals surface area (Å²) in [6.07, 6.45) is 0.667. The Balaban J connectivity index is 2.70. The summed E-state index contributed by atoms with van der Waals surface area (Å²) < 4.78 is 32.9. The van der Waals surface area contributed by atoms with Gasteiger partial charge in [-0.15, -0.1) is 0 Å². The molecule has 0 N–H and O–H groups in total. The number of benzene rings is 2. The predicted octanol–water partition coefficient (Wildman–Crippen LogP) is 3.66. The molecule has 2 aromatic carbocycles. The van der Waals surface area contributed by atoms with Crippen LogP contribution in [-0.4, -0.2) is 19.2 Å². The summed E-state index contributed by atoms with van der Waals surface area (Å²) in [5.74, 6) is -1.62. The van der Waals surface area contributed by atoms with Crippen LogP contribution in [0.4, 0.5) is 8.78 Å². The highest BCUT2D eigenvalue weighted by Gasteiger charge is 2.18. The Labute approximate surface area is 120 Å². The molecule has 3 nitrogen and oxygen atoms in total. The lowest BCUT2D eigenvalue weighted by Crippen LogP contribution is -2.02. The van der Waals surface area contributed by atoms with Crippen LogP contribution in [0.15, 0.2) is 30.3 Å². The van der Waals surface area contributed by atoms with Gasteiger partial charge in [-0.2, -0.15) is 0 Å². The molecular formula is C16H12F2O3. The molecule has 0 atom stereocenters. The van der Waals surface area contributed by atoms with Gasteiger partial charge in [0.15, 0.2) is 24.1 Å². The van der Waals surface area contributed by atoms with E-state index in [4.69, 9.17) is 4.74 Å². The molecule has 0 aliphatic rings. The van der Waals surface area contributed by atoms with Gasteiger partial charge < -0.3 is 4.74 Å². The molecule has 0 saturated heterocycles. The molecule has 0 spiro atoms. The van der Waals surface area contributed by atoms with Crippen LogP contribution in [0.5, 0.6) is 5.75 Å². The molecule has 0 aliphatic carbocycles. The fourth-order valence-corrected chi connectivity index (χ4v) is 2.08. The van der Waals surface area contributed by atoms with Gasteiger partial charge in [-0.1, -0.05) is 12.1 Å². The van der Waals surface area contributed by atoms with Crippen LogP contribution >= 0.6 is 0 Å². The third-order valence-corrected chi connectivity index (χ3v) is 3.02. The first-order chi connectivity index (χ1) is 10.1. The third kappa shape index (κ3) is 2.67. The SMILES string of the molecule is CCOc1ccc(-c2cccc(F)c2C=O)c(C=O)c1F. The average Bonchev–Trinajstić information content (AvgIpc) is 2.49. The molecule has 0 unspecified atom stereocenters. The largest absolute Gasteiger partial charge is 0.491 e. The number of carbonyl (C=O) groups excluding carboxylic acids is 2. The summed E-state index contributed by atoms with van der Waals surface area (Å²) in [5, 5.41) is 0. The Bertz CT molecular complexity index is 696. The zero-order chi connectivity index (χ0) is 15.4. The van der Waals surface area contributed by atoms with Crippen molar-refractivity contribution in [3.63, 3.8) is 0 Å². The highest BCUT2D eigenvalue weighted by molar-refractivity contribution is 5.95. The molecule has 5 heteroatoms. The highest BCUT2D eigenvalue weighted by Crippen LogP contribution is 2.32. The van der Waals surface area contributed by atoms with E-state index in [9.17, 15) is 18.4 Å². The van der Waals surface area contributed by atoms with Crippen LogP contribution in [0.3, 0.4) is 0 Å². The lowest BCUT2D eigenvalue weighted by atomic mass is 9.95. The van der Waals surface area contributed by atoms with Crippen molar-refractivity contribution in [2.24, 2.45) is 0 Å². The van der Waals surface area contributed by atoms with Gasteiger partial charge in [-0.05, 0) is 36.2 Å². The first-order valence-electron chi connectivity index (χ1n) is 6.28. The molecule has 0 aromatic heterocycles. The third-order valence-electron chi connectivity index (χ3n) is 3.02. The van der Waals surface area contributed by atoms with Gasteiger partial charge in [0.1, 0.15) is 5.82 Å². The number of halogens is 2. The summed E-state index contributed by atoms with van der Waals surface area (Å²) in [5.41, 5.74) is -0.180. The second-order valence-corrected chi connectivity index (χ2v) is 4.21. The van der Waals surface area contributed by atoms with E-state index in [1.165, 1.54) is 24.3 Å². The predicted molar refractivity (Wildman–Crippen MR) is 73.7 cm³/mol. The first kappa shape index (κ1) is 14.8. The maximum absolute atomic E-state index is 14.2. The van der Waals surface area contributed by atoms with Gasteiger partial charge in [-0.25, -0.2) is 8.78 Å². The van der Waals surface area contributed by atoms with Gasteiger partial charge in [-0.3, -0.25) is 9.59 Å². The van der Waals surface area contributed by atoms with E-state index in [0.29, 0.717) is 12.6 Å². The number of hydrogen-bond acceptors (Lipinski definition) is 3. The van der Waals surface area contributed by atoms with Gasteiger partial charge in [0, 0.05) is 0 Å². The maximum Gasteiger partial charge on any atom is 0.176 e.